The fourth-order valence-electron chi connectivity index (χ4n) is 2.25. The lowest BCUT2D eigenvalue weighted by molar-refractivity contribution is -0.117. The van der Waals surface area contributed by atoms with Crippen LogP contribution in [0.5, 0.6) is 0 Å². The van der Waals surface area contributed by atoms with Crippen molar-refractivity contribution in [2.75, 3.05) is 11.4 Å². The summed E-state index contributed by atoms with van der Waals surface area (Å²) in [7, 11) is 0. The quantitative estimate of drug-likeness (QED) is 0.828. The highest BCUT2D eigenvalue weighted by Crippen LogP contribution is 2.28. The predicted octanol–water partition coefficient (Wildman–Crippen LogP) is 3.25. The van der Waals surface area contributed by atoms with Crippen LogP contribution >= 0.6 is 11.3 Å². The van der Waals surface area contributed by atoms with Crippen LogP contribution in [0.3, 0.4) is 0 Å². The van der Waals surface area contributed by atoms with Gasteiger partial charge in [0.25, 0.3) is 0 Å². The minimum absolute atomic E-state index is 0.224. The molecule has 0 saturated carbocycles. The molecule has 0 atom stereocenters. The van der Waals surface area contributed by atoms with Gasteiger partial charge in [-0.3, -0.25) is 4.79 Å². The first-order chi connectivity index (χ1) is 8.74. The van der Waals surface area contributed by atoms with Gasteiger partial charge < -0.3 is 4.90 Å². The Hall–Kier alpha value is -1.68. The number of thiazole rings is 1. The fourth-order valence-corrected chi connectivity index (χ4v) is 2.87. The highest BCUT2D eigenvalue weighted by Gasteiger charge is 2.21. The maximum Gasteiger partial charge on any atom is 0.227 e. The van der Waals surface area contributed by atoms with Crippen LogP contribution in [0.4, 0.5) is 5.69 Å². The fraction of sp³-hybridized carbons (Fsp3) is 0.286. The van der Waals surface area contributed by atoms with Gasteiger partial charge in [0.1, 0.15) is 0 Å². The zero-order valence-corrected chi connectivity index (χ0v) is 11.0. The van der Waals surface area contributed by atoms with Gasteiger partial charge in [-0.15, -0.1) is 11.3 Å². The Morgan fingerprint density at radius 1 is 1.39 bits per heavy atom. The predicted molar refractivity (Wildman–Crippen MR) is 73.9 cm³/mol. The van der Waals surface area contributed by atoms with Crippen LogP contribution in [0.1, 0.15) is 17.8 Å². The minimum Gasteiger partial charge on any atom is -0.312 e. The molecule has 2 heterocycles. The standard InChI is InChI=1S/C14H14N2OS/c1-10-15-13(9-18-10)11-4-2-5-12(8-11)16-7-3-6-14(16)17/h2,4-5,8-9H,3,6-7H2,1H3. The van der Waals surface area contributed by atoms with E-state index in [1.807, 2.05) is 30.0 Å². The van der Waals surface area contributed by atoms with Gasteiger partial charge in [-0.05, 0) is 25.5 Å². The second-order valence-corrected chi connectivity index (χ2v) is 5.51. The number of amides is 1. The molecule has 1 aromatic heterocycles. The molecule has 4 heteroatoms. The summed E-state index contributed by atoms with van der Waals surface area (Å²) >= 11 is 1.65. The minimum atomic E-state index is 0.224. The zero-order valence-electron chi connectivity index (χ0n) is 10.2. The zero-order chi connectivity index (χ0) is 12.5. The Kier molecular flexibility index (Phi) is 2.88. The van der Waals surface area contributed by atoms with Crippen molar-refractivity contribution in [2.45, 2.75) is 19.8 Å². The first kappa shape index (κ1) is 11.4. The van der Waals surface area contributed by atoms with E-state index in [1.165, 1.54) is 0 Å². The molecule has 0 radical (unpaired) electrons. The number of aromatic nitrogens is 1. The van der Waals surface area contributed by atoms with Crippen molar-refractivity contribution >= 4 is 22.9 Å². The van der Waals surface area contributed by atoms with Crippen LogP contribution in [-0.2, 0) is 4.79 Å². The van der Waals surface area contributed by atoms with Crippen LogP contribution < -0.4 is 4.90 Å². The largest absolute Gasteiger partial charge is 0.312 e. The van der Waals surface area contributed by atoms with Crippen molar-refractivity contribution in [3.05, 3.63) is 34.7 Å². The third-order valence-corrected chi connectivity index (χ3v) is 3.92. The molecule has 1 aliphatic heterocycles. The summed E-state index contributed by atoms with van der Waals surface area (Å²) in [6, 6.07) is 8.08. The Morgan fingerprint density at radius 2 is 2.28 bits per heavy atom. The van der Waals surface area contributed by atoms with E-state index in [4.69, 9.17) is 0 Å². The molecular formula is C14H14N2OS. The lowest BCUT2D eigenvalue weighted by atomic mass is 10.1. The number of nitrogens with zero attached hydrogens (tertiary/aromatic N) is 2. The van der Waals surface area contributed by atoms with E-state index in [1.54, 1.807) is 11.3 Å². The smallest absolute Gasteiger partial charge is 0.227 e. The molecule has 0 bridgehead atoms. The monoisotopic (exact) mass is 258 g/mol. The van der Waals surface area contributed by atoms with Crippen LogP contribution in [0, 0.1) is 6.92 Å². The third kappa shape index (κ3) is 2.04. The van der Waals surface area contributed by atoms with Crippen molar-refractivity contribution in [3.8, 4) is 11.3 Å². The molecule has 3 nitrogen and oxygen atoms in total. The number of carbonyl (C=O) groups is 1. The lowest BCUT2D eigenvalue weighted by Crippen LogP contribution is -2.23. The van der Waals surface area contributed by atoms with Gasteiger partial charge in [-0.1, -0.05) is 12.1 Å². The molecule has 92 valence electrons. The van der Waals surface area contributed by atoms with Gasteiger partial charge >= 0.3 is 0 Å². The summed E-state index contributed by atoms with van der Waals surface area (Å²) < 4.78 is 0. The van der Waals surface area contributed by atoms with E-state index in [-0.39, 0.29) is 5.91 Å². The molecule has 0 N–H and O–H groups in total. The van der Waals surface area contributed by atoms with Crippen molar-refractivity contribution in [1.82, 2.24) is 4.98 Å². The van der Waals surface area contributed by atoms with Crippen molar-refractivity contribution in [2.24, 2.45) is 0 Å². The average molecular weight is 258 g/mol. The molecule has 1 aromatic carbocycles. The van der Waals surface area contributed by atoms with Gasteiger partial charge in [0.05, 0.1) is 10.7 Å². The van der Waals surface area contributed by atoms with E-state index in [0.29, 0.717) is 6.42 Å². The van der Waals surface area contributed by atoms with Crippen molar-refractivity contribution < 1.29 is 4.79 Å². The van der Waals surface area contributed by atoms with E-state index in [2.05, 4.69) is 16.4 Å². The van der Waals surface area contributed by atoms with Crippen molar-refractivity contribution in [3.63, 3.8) is 0 Å². The van der Waals surface area contributed by atoms with Gasteiger partial charge in [0.2, 0.25) is 5.91 Å². The Labute approximate surface area is 110 Å². The highest BCUT2D eigenvalue weighted by molar-refractivity contribution is 7.09. The number of hydrogen-bond acceptors (Lipinski definition) is 3. The third-order valence-electron chi connectivity index (χ3n) is 3.15. The number of hydrogen-bond donors (Lipinski definition) is 0. The molecule has 0 unspecified atom stereocenters. The second kappa shape index (κ2) is 4.53. The Balaban J connectivity index is 1.96. The highest BCUT2D eigenvalue weighted by atomic mass is 32.1. The van der Waals surface area contributed by atoms with Crippen LogP contribution in [0.25, 0.3) is 11.3 Å². The number of aryl methyl sites for hydroxylation is 1. The molecule has 0 spiro atoms. The molecular weight excluding hydrogens is 244 g/mol. The van der Waals surface area contributed by atoms with Gasteiger partial charge in [0, 0.05) is 29.6 Å². The number of carbonyl (C=O) groups excluding carboxylic acids is 1. The molecule has 0 aliphatic carbocycles. The normalized spacial score (nSPS) is 15.4. The second-order valence-electron chi connectivity index (χ2n) is 4.45. The number of rotatable bonds is 2. The van der Waals surface area contributed by atoms with Crippen LogP contribution in [0.15, 0.2) is 29.6 Å². The maximum atomic E-state index is 11.7. The molecule has 2 aromatic rings. The molecule has 18 heavy (non-hydrogen) atoms. The Morgan fingerprint density at radius 3 is 2.94 bits per heavy atom. The lowest BCUT2D eigenvalue weighted by Gasteiger charge is -2.16. The molecule has 3 rings (SSSR count). The maximum absolute atomic E-state index is 11.7. The van der Waals surface area contributed by atoms with Gasteiger partial charge in [0.15, 0.2) is 0 Å². The summed E-state index contributed by atoms with van der Waals surface area (Å²) in [5.41, 5.74) is 3.06. The number of benzene rings is 1. The van der Waals surface area contributed by atoms with Gasteiger partial charge in [-0.25, -0.2) is 4.98 Å². The average Bonchev–Trinajstić information content (AvgIpc) is 2.98. The topological polar surface area (TPSA) is 33.2 Å². The van der Waals surface area contributed by atoms with E-state index in [0.717, 1.165) is 34.9 Å². The van der Waals surface area contributed by atoms with Crippen LogP contribution in [-0.4, -0.2) is 17.4 Å². The first-order valence-corrected chi connectivity index (χ1v) is 6.95. The summed E-state index contributed by atoms with van der Waals surface area (Å²) in [5, 5.41) is 3.12. The van der Waals surface area contributed by atoms with E-state index < -0.39 is 0 Å². The summed E-state index contributed by atoms with van der Waals surface area (Å²) in [6.45, 7) is 2.83. The molecule has 1 amide bonds. The number of anilines is 1. The molecule has 1 saturated heterocycles. The Bertz CT molecular complexity index is 591. The van der Waals surface area contributed by atoms with Crippen LogP contribution in [0.2, 0.25) is 0 Å². The summed E-state index contributed by atoms with van der Waals surface area (Å²) in [5.74, 6) is 0.224. The summed E-state index contributed by atoms with van der Waals surface area (Å²) in [6.07, 6.45) is 1.62. The van der Waals surface area contributed by atoms with Gasteiger partial charge in [-0.2, -0.15) is 0 Å². The van der Waals surface area contributed by atoms with E-state index >= 15 is 0 Å². The molecule has 1 fully saturated rings. The van der Waals surface area contributed by atoms with E-state index in [9.17, 15) is 4.79 Å². The summed E-state index contributed by atoms with van der Waals surface area (Å²) in [4.78, 5) is 18.1. The molecule has 1 aliphatic rings. The SMILES string of the molecule is Cc1nc(-c2cccc(N3CCCC3=O)c2)cs1. The van der Waals surface area contributed by atoms with Crippen molar-refractivity contribution in [1.29, 1.82) is 0 Å². The first-order valence-electron chi connectivity index (χ1n) is 6.07.